The highest BCUT2D eigenvalue weighted by Gasteiger charge is 2.40. The minimum Gasteiger partial charge on any atom is -0.361 e. The number of fused-ring (bicyclic) bond motifs is 1. The Labute approximate surface area is 168 Å². The van der Waals surface area contributed by atoms with Crippen LogP contribution in [0.25, 0.3) is 22.0 Å². The molecule has 1 aliphatic heterocycles. The van der Waals surface area contributed by atoms with Crippen molar-refractivity contribution >= 4 is 45.2 Å². The Balaban J connectivity index is 1.78. The van der Waals surface area contributed by atoms with E-state index < -0.39 is 0 Å². The zero-order chi connectivity index (χ0) is 19.7. The van der Waals surface area contributed by atoms with Gasteiger partial charge < -0.3 is 9.88 Å². The van der Waals surface area contributed by atoms with Gasteiger partial charge in [-0.2, -0.15) is 0 Å². The molecule has 5 nitrogen and oxygen atoms in total. The highest BCUT2D eigenvalue weighted by Crippen LogP contribution is 2.39. The van der Waals surface area contributed by atoms with Crippen LogP contribution in [0.15, 0.2) is 48.0 Å². The summed E-state index contributed by atoms with van der Waals surface area (Å²) >= 11 is 1.49. The summed E-state index contributed by atoms with van der Waals surface area (Å²) in [6.45, 7) is 7.05. The van der Waals surface area contributed by atoms with Crippen LogP contribution in [0.5, 0.6) is 0 Å². The molecule has 2 aromatic heterocycles. The quantitative estimate of drug-likeness (QED) is 0.621. The van der Waals surface area contributed by atoms with Gasteiger partial charge >= 0.3 is 0 Å². The monoisotopic (exact) mass is 393 g/mol. The smallest absolute Gasteiger partial charge is 0.263 e. The number of benzene rings is 1. The molecule has 0 radical (unpaired) electrons. The molecule has 0 bridgehead atoms. The van der Waals surface area contributed by atoms with Crippen LogP contribution in [0.4, 0.5) is 0 Å². The molecule has 2 amide bonds. The maximum Gasteiger partial charge on any atom is 0.263 e. The zero-order valence-electron chi connectivity index (χ0n) is 16.1. The first-order valence-corrected chi connectivity index (χ1v) is 10.5. The summed E-state index contributed by atoms with van der Waals surface area (Å²) in [6.07, 6.45) is 1.84. The number of carbonyl (C=O) groups is 2. The fraction of sp³-hybridized carbons (Fsp3) is 0.273. The van der Waals surface area contributed by atoms with E-state index in [1.165, 1.54) is 16.2 Å². The largest absolute Gasteiger partial charge is 0.361 e. The first-order chi connectivity index (χ1) is 13.7. The van der Waals surface area contributed by atoms with Crippen molar-refractivity contribution < 1.29 is 9.59 Å². The molecule has 28 heavy (non-hydrogen) atoms. The highest BCUT2D eigenvalue weighted by molar-refractivity contribution is 7.11. The van der Waals surface area contributed by atoms with E-state index in [1.54, 1.807) is 0 Å². The molecule has 144 valence electrons. The summed E-state index contributed by atoms with van der Waals surface area (Å²) in [5, 5.41) is 2.89. The average Bonchev–Trinajstić information content (AvgIpc) is 3.42. The Kier molecular flexibility index (Phi) is 5.15. The molecule has 4 rings (SSSR count). The predicted octanol–water partition coefficient (Wildman–Crippen LogP) is 3.85. The lowest BCUT2D eigenvalue weighted by molar-refractivity contribution is -0.136. The van der Waals surface area contributed by atoms with Gasteiger partial charge in [-0.15, -0.1) is 11.3 Å². The van der Waals surface area contributed by atoms with E-state index in [0.717, 1.165) is 34.4 Å². The number of H-pyrrole nitrogens is 1. The summed E-state index contributed by atoms with van der Waals surface area (Å²) in [4.78, 5) is 34.3. The van der Waals surface area contributed by atoms with Gasteiger partial charge in [-0.3, -0.25) is 14.5 Å². The Morgan fingerprint density at radius 2 is 1.75 bits per heavy atom. The zero-order valence-corrected chi connectivity index (χ0v) is 16.9. The van der Waals surface area contributed by atoms with Crippen molar-refractivity contribution in [1.29, 1.82) is 0 Å². The number of amides is 2. The molecule has 0 spiro atoms. The van der Waals surface area contributed by atoms with Gasteiger partial charge in [0.1, 0.15) is 0 Å². The maximum absolute atomic E-state index is 13.4. The van der Waals surface area contributed by atoms with E-state index in [4.69, 9.17) is 0 Å². The van der Waals surface area contributed by atoms with Gasteiger partial charge in [0.2, 0.25) is 0 Å². The molecule has 3 aromatic rings. The lowest BCUT2D eigenvalue weighted by atomic mass is 10.00. The number of hydrogen-bond acceptors (Lipinski definition) is 4. The number of nitrogens with one attached hydrogen (secondary N) is 1. The van der Waals surface area contributed by atoms with Gasteiger partial charge in [-0.1, -0.05) is 38.1 Å². The standard InChI is InChI=1S/C22H23N3O2S/c1-3-24(4-2)11-12-25-21(26)19(20(22(25)27)18-10-7-13-28-18)16-14-23-17-9-6-5-8-15(16)17/h5-10,13-14,23H,3-4,11-12H2,1-2H3. The number of para-hydroxylation sites is 1. The molecule has 0 saturated heterocycles. The number of thiophene rings is 1. The number of likely N-dealkylation sites (N-methyl/N-ethyl adjacent to an activating group) is 1. The molecule has 3 heterocycles. The SMILES string of the molecule is CCN(CC)CCN1C(=O)C(c2cccs2)=C(c2c[nH]c3ccccc23)C1=O. The molecule has 1 N–H and O–H groups in total. The van der Waals surface area contributed by atoms with Gasteiger partial charge in [-0.25, -0.2) is 0 Å². The van der Waals surface area contributed by atoms with Gasteiger partial charge in [0.15, 0.2) is 0 Å². The minimum absolute atomic E-state index is 0.195. The number of imide groups is 1. The third-order valence-corrected chi connectivity index (χ3v) is 6.22. The minimum atomic E-state index is -0.203. The van der Waals surface area contributed by atoms with Gasteiger partial charge in [0.25, 0.3) is 11.8 Å². The van der Waals surface area contributed by atoms with Gasteiger partial charge in [-0.05, 0) is 30.6 Å². The predicted molar refractivity (Wildman–Crippen MR) is 114 cm³/mol. The highest BCUT2D eigenvalue weighted by atomic mass is 32.1. The molecule has 0 saturated carbocycles. The lowest BCUT2D eigenvalue weighted by Gasteiger charge is -2.22. The fourth-order valence-electron chi connectivity index (χ4n) is 3.74. The first-order valence-electron chi connectivity index (χ1n) is 9.58. The van der Waals surface area contributed by atoms with E-state index in [1.807, 2.05) is 48.0 Å². The maximum atomic E-state index is 13.4. The van der Waals surface area contributed by atoms with Crippen LogP contribution in [-0.4, -0.2) is 52.8 Å². The van der Waals surface area contributed by atoms with Crippen molar-refractivity contribution in [2.24, 2.45) is 0 Å². The molecular weight excluding hydrogens is 370 g/mol. The Morgan fingerprint density at radius 3 is 2.46 bits per heavy atom. The number of hydrogen-bond donors (Lipinski definition) is 1. The van der Waals surface area contributed by atoms with E-state index in [9.17, 15) is 9.59 Å². The number of carbonyl (C=O) groups excluding carboxylic acids is 2. The number of nitrogens with zero attached hydrogens (tertiary/aromatic N) is 2. The summed E-state index contributed by atoms with van der Waals surface area (Å²) < 4.78 is 0. The van der Waals surface area contributed by atoms with Crippen LogP contribution in [0.1, 0.15) is 24.3 Å². The third-order valence-electron chi connectivity index (χ3n) is 5.33. The third kappa shape index (κ3) is 3.08. The van der Waals surface area contributed by atoms with Crippen LogP contribution < -0.4 is 0 Å². The molecule has 6 heteroatoms. The summed E-state index contributed by atoms with van der Waals surface area (Å²) in [5.74, 6) is -0.398. The van der Waals surface area contributed by atoms with Crippen molar-refractivity contribution in [2.75, 3.05) is 26.2 Å². The lowest BCUT2D eigenvalue weighted by Crippen LogP contribution is -2.39. The number of rotatable bonds is 7. The summed E-state index contributed by atoms with van der Waals surface area (Å²) in [7, 11) is 0. The van der Waals surface area contributed by atoms with Crippen LogP contribution in [0, 0.1) is 0 Å². The van der Waals surface area contributed by atoms with Gasteiger partial charge in [0, 0.05) is 40.6 Å². The van der Waals surface area contributed by atoms with Crippen LogP contribution in [0.3, 0.4) is 0 Å². The van der Waals surface area contributed by atoms with E-state index in [2.05, 4.69) is 23.7 Å². The second-order valence-electron chi connectivity index (χ2n) is 6.76. The molecule has 0 atom stereocenters. The van der Waals surface area contributed by atoms with E-state index in [-0.39, 0.29) is 11.8 Å². The van der Waals surface area contributed by atoms with Gasteiger partial charge in [0.05, 0.1) is 11.1 Å². The molecule has 1 aromatic carbocycles. The topological polar surface area (TPSA) is 56.4 Å². The molecule has 1 aliphatic rings. The molecule has 0 unspecified atom stereocenters. The average molecular weight is 394 g/mol. The molecular formula is C22H23N3O2S. The van der Waals surface area contributed by atoms with Crippen molar-refractivity contribution in [3.8, 4) is 0 Å². The summed E-state index contributed by atoms with van der Waals surface area (Å²) in [6, 6.07) is 11.7. The second-order valence-corrected chi connectivity index (χ2v) is 7.71. The van der Waals surface area contributed by atoms with Crippen molar-refractivity contribution in [2.45, 2.75) is 13.8 Å². The van der Waals surface area contributed by atoms with Crippen LogP contribution in [0.2, 0.25) is 0 Å². The van der Waals surface area contributed by atoms with Crippen molar-refractivity contribution in [1.82, 2.24) is 14.8 Å². The Morgan fingerprint density at radius 1 is 1.00 bits per heavy atom. The Hall–Kier alpha value is -2.70. The summed E-state index contributed by atoms with van der Waals surface area (Å²) in [5.41, 5.74) is 2.77. The number of aromatic amines is 1. The molecule has 0 aliphatic carbocycles. The van der Waals surface area contributed by atoms with Crippen LogP contribution >= 0.6 is 11.3 Å². The number of aromatic nitrogens is 1. The second kappa shape index (κ2) is 7.73. The van der Waals surface area contributed by atoms with Crippen molar-refractivity contribution in [3.05, 3.63) is 58.4 Å². The van der Waals surface area contributed by atoms with E-state index in [0.29, 0.717) is 24.2 Å². The molecule has 0 fully saturated rings. The normalized spacial score (nSPS) is 14.9. The first kappa shape index (κ1) is 18.7. The fourth-order valence-corrected chi connectivity index (χ4v) is 4.51. The Bertz CT molecular complexity index is 1040. The van der Waals surface area contributed by atoms with Crippen LogP contribution in [-0.2, 0) is 9.59 Å². The van der Waals surface area contributed by atoms with E-state index >= 15 is 0 Å². The van der Waals surface area contributed by atoms with Crippen molar-refractivity contribution in [3.63, 3.8) is 0 Å².